The van der Waals surface area contributed by atoms with Gasteiger partial charge in [0.15, 0.2) is 5.82 Å². The molecule has 226 valence electrons. The lowest BCUT2D eigenvalue weighted by Gasteiger charge is -2.28. The standard InChI is InChI=1S/C37H50N2O3/c1-3-5-7-8-9-11-13-30-26-38-37(39-27-30)33-20-24-35(25-21-33)42-36(40)28-41-34-22-18-32(19-23-34)31-16-14-29(15-17-31)12-10-6-4-2/h14-17,20-21,24-27,32,34H,3-13,18-19,22-23,28H2,1-2H3. The number of unbranched alkanes of at least 4 members (excludes halogenated alkanes) is 7. The second kappa shape index (κ2) is 17.8. The molecule has 0 saturated heterocycles. The lowest BCUT2D eigenvalue weighted by atomic mass is 9.82. The zero-order chi connectivity index (χ0) is 29.4. The summed E-state index contributed by atoms with van der Waals surface area (Å²) in [6, 6.07) is 16.6. The van der Waals surface area contributed by atoms with E-state index < -0.39 is 0 Å². The molecule has 0 N–H and O–H groups in total. The predicted octanol–water partition coefficient (Wildman–Crippen LogP) is 9.43. The second-order valence-corrected chi connectivity index (χ2v) is 11.9. The molecule has 1 aromatic heterocycles. The summed E-state index contributed by atoms with van der Waals surface area (Å²) in [6.45, 7) is 4.47. The summed E-state index contributed by atoms with van der Waals surface area (Å²) in [4.78, 5) is 21.6. The third-order valence-corrected chi connectivity index (χ3v) is 8.50. The number of hydrogen-bond donors (Lipinski definition) is 0. The van der Waals surface area contributed by atoms with Crippen LogP contribution in [0.25, 0.3) is 11.4 Å². The Labute approximate surface area is 253 Å². The van der Waals surface area contributed by atoms with Crippen LogP contribution in [0.5, 0.6) is 5.75 Å². The minimum Gasteiger partial charge on any atom is -0.425 e. The maximum absolute atomic E-state index is 12.4. The smallest absolute Gasteiger partial charge is 0.337 e. The molecule has 1 heterocycles. The number of aryl methyl sites for hydroxylation is 2. The van der Waals surface area contributed by atoms with E-state index in [9.17, 15) is 4.79 Å². The quantitative estimate of drug-likeness (QED) is 0.0919. The fourth-order valence-electron chi connectivity index (χ4n) is 5.86. The van der Waals surface area contributed by atoms with Gasteiger partial charge in [0.1, 0.15) is 12.4 Å². The van der Waals surface area contributed by atoms with Crippen molar-refractivity contribution in [3.8, 4) is 17.1 Å². The molecule has 2 aromatic carbocycles. The van der Waals surface area contributed by atoms with E-state index in [0.717, 1.165) is 37.7 Å². The van der Waals surface area contributed by atoms with Gasteiger partial charge in [0.2, 0.25) is 0 Å². The average molecular weight is 571 g/mol. The van der Waals surface area contributed by atoms with Gasteiger partial charge in [0, 0.05) is 18.0 Å². The van der Waals surface area contributed by atoms with Gasteiger partial charge in [0.05, 0.1) is 6.10 Å². The highest BCUT2D eigenvalue weighted by atomic mass is 16.6. The van der Waals surface area contributed by atoms with E-state index >= 15 is 0 Å². The molecule has 4 rings (SSSR count). The van der Waals surface area contributed by atoms with Crippen molar-refractivity contribution in [1.29, 1.82) is 0 Å². The van der Waals surface area contributed by atoms with E-state index in [1.807, 2.05) is 24.5 Å². The highest BCUT2D eigenvalue weighted by Crippen LogP contribution is 2.34. The van der Waals surface area contributed by atoms with Gasteiger partial charge in [-0.05, 0) is 98.2 Å². The zero-order valence-electron chi connectivity index (χ0n) is 25.9. The average Bonchev–Trinajstić information content (AvgIpc) is 3.03. The zero-order valence-corrected chi connectivity index (χ0v) is 25.9. The van der Waals surface area contributed by atoms with E-state index in [1.54, 1.807) is 12.1 Å². The molecule has 0 aliphatic heterocycles. The van der Waals surface area contributed by atoms with Crippen LogP contribution in [0.3, 0.4) is 0 Å². The molecule has 0 radical (unpaired) electrons. The van der Waals surface area contributed by atoms with Crippen LogP contribution in [0.4, 0.5) is 0 Å². The minimum atomic E-state index is -0.362. The number of carbonyl (C=O) groups excluding carboxylic acids is 1. The fourth-order valence-corrected chi connectivity index (χ4v) is 5.86. The third-order valence-electron chi connectivity index (χ3n) is 8.50. The highest BCUT2D eigenvalue weighted by Gasteiger charge is 2.23. The molecule has 42 heavy (non-hydrogen) atoms. The first kappa shape index (κ1) is 31.9. The SMILES string of the molecule is CCCCCCCCc1cnc(-c2ccc(OC(=O)COC3CCC(c4ccc(CCCCC)cc4)CC3)cc2)nc1. The van der Waals surface area contributed by atoms with E-state index in [4.69, 9.17) is 9.47 Å². The first-order valence-electron chi connectivity index (χ1n) is 16.5. The number of rotatable bonds is 17. The number of ether oxygens (including phenoxy) is 2. The molecule has 1 aliphatic carbocycles. The molecule has 0 spiro atoms. The number of nitrogens with zero attached hydrogens (tertiary/aromatic N) is 2. The summed E-state index contributed by atoms with van der Waals surface area (Å²) in [6.07, 6.45) is 21.9. The van der Waals surface area contributed by atoms with Crippen molar-refractivity contribution in [2.45, 2.75) is 122 Å². The summed E-state index contributed by atoms with van der Waals surface area (Å²) in [7, 11) is 0. The van der Waals surface area contributed by atoms with Crippen molar-refractivity contribution >= 4 is 5.97 Å². The van der Waals surface area contributed by atoms with Crippen LogP contribution in [-0.2, 0) is 22.4 Å². The summed E-state index contributed by atoms with van der Waals surface area (Å²) in [5.41, 5.74) is 4.96. The summed E-state index contributed by atoms with van der Waals surface area (Å²) >= 11 is 0. The Kier molecular flexibility index (Phi) is 13.5. The molecule has 0 amide bonds. The van der Waals surface area contributed by atoms with Crippen LogP contribution < -0.4 is 4.74 Å². The van der Waals surface area contributed by atoms with Gasteiger partial charge < -0.3 is 9.47 Å². The van der Waals surface area contributed by atoms with Gasteiger partial charge in [-0.3, -0.25) is 0 Å². The second-order valence-electron chi connectivity index (χ2n) is 11.9. The van der Waals surface area contributed by atoms with Gasteiger partial charge in [0.25, 0.3) is 0 Å². The van der Waals surface area contributed by atoms with Crippen molar-refractivity contribution in [2.75, 3.05) is 6.61 Å². The van der Waals surface area contributed by atoms with Gasteiger partial charge in [-0.1, -0.05) is 83.1 Å². The molecule has 1 fully saturated rings. The number of aromatic nitrogens is 2. The minimum absolute atomic E-state index is 0.0211. The summed E-state index contributed by atoms with van der Waals surface area (Å²) in [5.74, 6) is 1.41. The Morgan fingerprint density at radius 3 is 2.00 bits per heavy atom. The van der Waals surface area contributed by atoms with Crippen molar-refractivity contribution < 1.29 is 14.3 Å². The first-order chi connectivity index (χ1) is 20.6. The van der Waals surface area contributed by atoms with Gasteiger partial charge in [-0.2, -0.15) is 0 Å². The lowest BCUT2D eigenvalue weighted by Crippen LogP contribution is -2.25. The van der Waals surface area contributed by atoms with E-state index in [2.05, 4.69) is 48.1 Å². The molecule has 5 heteroatoms. The Balaban J connectivity index is 1.13. The number of carbonyl (C=O) groups is 1. The monoisotopic (exact) mass is 570 g/mol. The number of hydrogen-bond acceptors (Lipinski definition) is 5. The molecule has 5 nitrogen and oxygen atoms in total. The van der Waals surface area contributed by atoms with Crippen LogP contribution in [-0.4, -0.2) is 28.6 Å². The van der Waals surface area contributed by atoms with E-state index in [1.165, 1.54) is 80.9 Å². The lowest BCUT2D eigenvalue weighted by molar-refractivity contribution is -0.142. The Morgan fingerprint density at radius 1 is 0.714 bits per heavy atom. The molecule has 1 aliphatic rings. The topological polar surface area (TPSA) is 61.3 Å². The van der Waals surface area contributed by atoms with Crippen LogP contribution in [0.15, 0.2) is 60.9 Å². The molecule has 1 saturated carbocycles. The Hall–Kier alpha value is -3.05. The molecular weight excluding hydrogens is 520 g/mol. The first-order valence-corrected chi connectivity index (χ1v) is 16.5. The molecule has 0 atom stereocenters. The molecule has 0 bridgehead atoms. The molecule has 0 unspecified atom stereocenters. The predicted molar refractivity (Wildman–Crippen MR) is 171 cm³/mol. The highest BCUT2D eigenvalue weighted by molar-refractivity contribution is 5.73. The van der Waals surface area contributed by atoms with Crippen molar-refractivity contribution in [1.82, 2.24) is 9.97 Å². The van der Waals surface area contributed by atoms with Gasteiger partial charge >= 0.3 is 5.97 Å². The largest absolute Gasteiger partial charge is 0.425 e. The molecule has 3 aromatic rings. The van der Waals surface area contributed by atoms with Crippen LogP contribution in [0.1, 0.15) is 120 Å². The van der Waals surface area contributed by atoms with Crippen LogP contribution >= 0.6 is 0 Å². The summed E-state index contributed by atoms with van der Waals surface area (Å²) in [5, 5.41) is 0. The number of benzene rings is 2. The molecular formula is C37H50N2O3. The maximum atomic E-state index is 12.4. The van der Waals surface area contributed by atoms with Crippen LogP contribution in [0.2, 0.25) is 0 Å². The van der Waals surface area contributed by atoms with Crippen molar-refractivity contribution in [3.63, 3.8) is 0 Å². The van der Waals surface area contributed by atoms with Crippen molar-refractivity contribution in [2.24, 2.45) is 0 Å². The van der Waals surface area contributed by atoms with E-state index in [0.29, 0.717) is 17.5 Å². The Bertz CT molecular complexity index is 1170. The fraction of sp³-hybridized carbons (Fsp3) is 0.541. The normalized spacial score (nSPS) is 16.8. The number of esters is 1. The van der Waals surface area contributed by atoms with Crippen molar-refractivity contribution in [3.05, 3.63) is 77.6 Å². The van der Waals surface area contributed by atoms with Gasteiger partial charge in [-0.25, -0.2) is 14.8 Å². The summed E-state index contributed by atoms with van der Waals surface area (Å²) < 4.78 is 11.5. The van der Waals surface area contributed by atoms with Crippen LogP contribution in [0, 0.1) is 0 Å². The third kappa shape index (κ3) is 10.7. The maximum Gasteiger partial charge on any atom is 0.337 e. The van der Waals surface area contributed by atoms with Gasteiger partial charge in [-0.15, -0.1) is 0 Å². The Morgan fingerprint density at radius 2 is 1.31 bits per heavy atom. The van der Waals surface area contributed by atoms with E-state index in [-0.39, 0.29) is 18.7 Å².